The van der Waals surface area contributed by atoms with Gasteiger partial charge in [0.2, 0.25) is 17.7 Å². The maximum atomic E-state index is 15.1. The van der Waals surface area contributed by atoms with E-state index in [1.807, 2.05) is 74.2 Å². The van der Waals surface area contributed by atoms with Gasteiger partial charge in [-0.2, -0.15) is 0 Å². The lowest BCUT2D eigenvalue weighted by Gasteiger charge is -2.43. The summed E-state index contributed by atoms with van der Waals surface area (Å²) in [6, 6.07) is 7.16. The molecule has 1 aromatic rings. The molecule has 0 unspecified atom stereocenters. The number of likely N-dealkylation sites (tertiary alicyclic amines) is 1. The molecular formula is C38H51N3O7. The van der Waals surface area contributed by atoms with Crippen LogP contribution in [0.15, 0.2) is 54.6 Å². The Morgan fingerprint density at radius 3 is 2.44 bits per heavy atom. The molecule has 1 spiro atoms. The van der Waals surface area contributed by atoms with Gasteiger partial charge in [-0.3, -0.25) is 19.2 Å². The predicted molar refractivity (Wildman–Crippen MR) is 179 cm³/mol. The SMILES string of the molecule is CC[C@H](C)[C@H](CO)N1C(=O)[C@H]2[C@@H]3C(=O)O[C@H](c4ccccc4)[C@@H](C)N(C)C(=O)CC/C=C\CN(C4CCCCC4)C(=O)[C@H]1[C@@]21C=C[C@@H]3O1. The first-order valence-electron chi connectivity index (χ1n) is 17.9. The van der Waals surface area contributed by atoms with Gasteiger partial charge in [0.1, 0.15) is 23.7 Å². The van der Waals surface area contributed by atoms with Crippen LogP contribution >= 0.6 is 0 Å². The van der Waals surface area contributed by atoms with Crippen LogP contribution in [0, 0.1) is 17.8 Å². The number of hydrogen-bond acceptors (Lipinski definition) is 7. The van der Waals surface area contributed by atoms with E-state index in [4.69, 9.17) is 9.47 Å². The van der Waals surface area contributed by atoms with Crippen molar-refractivity contribution in [3.8, 4) is 0 Å². The molecule has 48 heavy (non-hydrogen) atoms. The first-order valence-corrected chi connectivity index (χ1v) is 17.9. The van der Waals surface area contributed by atoms with Crippen LogP contribution in [0.2, 0.25) is 0 Å². The van der Waals surface area contributed by atoms with Crippen molar-refractivity contribution >= 4 is 23.7 Å². The zero-order valence-corrected chi connectivity index (χ0v) is 28.7. The van der Waals surface area contributed by atoms with Crippen LogP contribution in [-0.4, -0.2) is 99.6 Å². The number of amides is 3. The summed E-state index contributed by atoms with van der Waals surface area (Å²) in [5.41, 5.74) is -0.632. The van der Waals surface area contributed by atoms with Crippen molar-refractivity contribution in [2.75, 3.05) is 20.2 Å². The van der Waals surface area contributed by atoms with Crippen molar-refractivity contribution in [3.05, 3.63) is 60.2 Å². The van der Waals surface area contributed by atoms with Crippen molar-refractivity contribution in [2.45, 2.75) is 114 Å². The second-order valence-corrected chi connectivity index (χ2v) is 14.4. The van der Waals surface area contributed by atoms with E-state index in [-0.39, 0.29) is 42.7 Å². The molecule has 1 N–H and O–H groups in total. The number of carbonyl (C=O) groups is 4. The zero-order chi connectivity index (χ0) is 34.2. The summed E-state index contributed by atoms with van der Waals surface area (Å²) < 4.78 is 13.0. The van der Waals surface area contributed by atoms with E-state index in [0.29, 0.717) is 19.4 Å². The molecule has 0 aromatic heterocycles. The van der Waals surface area contributed by atoms with E-state index in [0.717, 1.165) is 37.7 Å². The molecule has 1 saturated carbocycles. The van der Waals surface area contributed by atoms with Gasteiger partial charge in [0.05, 0.1) is 30.7 Å². The number of allylic oxidation sites excluding steroid dienone is 1. The Hall–Kier alpha value is -3.50. The normalized spacial score (nSPS) is 35.1. The molecule has 260 valence electrons. The molecule has 10 nitrogen and oxygen atoms in total. The minimum absolute atomic E-state index is 0.00912. The lowest BCUT2D eigenvalue weighted by atomic mass is 9.74. The van der Waals surface area contributed by atoms with Crippen molar-refractivity contribution in [1.29, 1.82) is 0 Å². The smallest absolute Gasteiger partial charge is 0.313 e. The minimum atomic E-state index is -1.37. The highest BCUT2D eigenvalue weighted by Gasteiger charge is 2.74. The highest BCUT2D eigenvalue weighted by Crippen LogP contribution is 2.57. The Balaban J connectivity index is 1.47. The number of nitrogens with zero attached hydrogens (tertiary/aromatic N) is 3. The molecule has 5 bridgehead atoms. The number of likely N-dealkylation sites (N-methyl/N-ethyl adjacent to an activating group) is 1. The Morgan fingerprint density at radius 1 is 1.02 bits per heavy atom. The minimum Gasteiger partial charge on any atom is -0.455 e. The molecular weight excluding hydrogens is 610 g/mol. The van der Waals surface area contributed by atoms with Crippen molar-refractivity contribution in [1.82, 2.24) is 14.7 Å². The van der Waals surface area contributed by atoms with Gasteiger partial charge in [0.25, 0.3) is 0 Å². The number of aliphatic hydroxyl groups is 1. The van der Waals surface area contributed by atoms with E-state index in [9.17, 15) is 19.5 Å². The molecule has 6 rings (SSSR count). The topological polar surface area (TPSA) is 117 Å². The number of cyclic esters (lactones) is 1. The van der Waals surface area contributed by atoms with E-state index >= 15 is 4.79 Å². The summed E-state index contributed by atoms with van der Waals surface area (Å²) in [6.07, 6.45) is 12.3. The van der Waals surface area contributed by atoms with Crippen molar-refractivity contribution in [2.24, 2.45) is 17.8 Å². The maximum Gasteiger partial charge on any atom is 0.313 e. The Labute approximate surface area is 284 Å². The zero-order valence-electron chi connectivity index (χ0n) is 28.7. The van der Waals surface area contributed by atoms with Gasteiger partial charge in [-0.05, 0) is 37.7 Å². The third-order valence-electron chi connectivity index (χ3n) is 11.8. The van der Waals surface area contributed by atoms with Crippen molar-refractivity contribution in [3.63, 3.8) is 0 Å². The molecule has 4 heterocycles. The lowest BCUT2D eigenvalue weighted by Crippen LogP contribution is -2.61. The van der Waals surface area contributed by atoms with Crippen LogP contribution in [0.5, 0.6) is 0 Å². The highest BCUT2D eigenvalue weighted by atomic mass is 16.6. The average Bonchev–Trinajstić information content (AvgIpc) is 3.75. The number of hydrogen-bond donors (Lipinski definition) is 1. The Morgan fingerprint density at radius 2 is 1.75 bits per heavy atom. The quantitative estimate of drug-likeness (QED) is 0.359. The van der Waals surface area contributed by atoms with Crippen LogP contribution in [-0.2, 0) is 28.7 Å². The fraction of sp³-hybridized carbons (Fsp3) is 0.632. The molecule has 3 amide bonds. The molecule has 0 radical (unpaired) electrons. The van der Waals surface area contributed by atoms with Gasteiger partial charge in [0.15, 0.2) is 0 Å². The summed E-state index contributed by atoms with van der Waals surface area (Å²) in [7, 11) is 1.73. The van der Waals surface area contributed by atoms with Gasteiger partial charge >= 0.3 is 5.97 Å². The summed E-state index contributed by atoms with van der Waals surface area (Å²) in [5, 5.41) is 10.7. The Bertz CT molecular complexity index is 1420. The monoisotopic (exact) mass is 661 g/mol. The predicted octanol–water partition coefficient (Wildman–Crippen LogP) is 4.19. The van der Waals surface area contributed by atoms with Gasteiger partial charge in [0, 0.05) is 26.1 Å². The first kappa shape index (κ1) is 34.4. The van der Waals surface area contributed by atoms with Crippen LogP contribution in [0.4, 0.5) is 0 Å². The summed E-state index contributed by atoms with van der Waals surface area (Å²) in [6.45, 7) is 5.87. The van der Waals surface area contributed by atoms with Gasteiger partial charge in [-0.25, -0.2) is 0 Å². The molecule has 4 aliphatic heterocycles. The molecule has 2 saturated heterocycles. The van der Waals surface area contributed by atoms with Gasteiger partial charge in [-0.15, -0.1) is 0 Å². The van der Waals surface area contributed by atoms with E-state index in [1.165, 1.54) is 0 Å². The number of ether oxygens (including phenoxy) is 2. The fourth-order valence-electron chi connectivity index (χ4n) is 8.71. The van der Waals surface area contributed by atoms with Crippen LogP contribution < -0.4 is 0 Å². The third kappa shape index (κ3) is 5.89. The number of fused-ring (bicyclic) bond motifs is 2. The van der Waals surface area contributed by atoms with Crippen LogP contribution in [0.25, 0.3) is 0 Å². The highest BCUT2D eigenvalue weighted by molar-refractivity contribution is 5.99. The van der Waals surface area contributed by atoms with E-state index in [2.05, 4.69) is 0 Å². The summed E-state index contributed by atoms with van der Waals surface area (Å²) in [5.74, 6) is -3.34. The van der Waals surface area contributed by atoms with Crippen LogP contribution in [0.1, 0.15) is 83.8 Å². The lowest BCUT2D eigenvalue weighted by molar-refractivity contribution is -0.164. The number of rotatable bonds is 6. The third-order valence-corrected chi connectivity index (χ3v) is 11.8. The molecule has 9 atom stereocenters. The average molecular weight is 662 g/mol. The van der Waals surface area contributed by atoms with E-state index < -0.39 is 53.7 Å². The fourth-order valence-corrected chi connectivity index (χ4v) is 8.71. The molecule has 1 aromatic carbocycles. The number of carbonyl (C=O) groups excluding carboxylic acids is 4. The standard InChI is InChI=1S/C38H51N3O7/c1-5-24(2)28(23-42)41-34-36(45)40(27-17-11-7-12-18-27)22-14-8-13-19-30(43)39(4)25(3)33(26-15-9-6-10-16-26)47-37(46)31-29-20-21-38(34,48-29)32(31)35(41)44/h6,8-10,14-16,20-21,24-25,27-29,31-34,42H,5,7,11-13,17-19,22-23H2,1-4H3/b14-8-/t24-,25+,28-,29-,31+,32+,33-,34-,38+/m0/s1. The second kappa shape index (κ2) is 14.2. The molecule has 3 fully saturated rings. The second-order valence-electron chi connectivity index (χ2n) is 14.4. The first-order chi connectivity index (χ1) is 23.1. The van der Waals surface area contributed by atoms with E-state index in [1.54, 1.807) is 22.9 Å². The van der Waals surface area contributed by atoms with Crippen molar-refractivity contribution < 1.29 is 33.8 Å². The maximum absolute atomic E-state index is 15.1. The van der Waals surface area contributed by atoms with Gasteiger partial charge < -0.3 is 29.3 Å². The summed E-state index contributed by atoms with van der Waals surface area (Å²) >= 11 is 0. The molecule has 5 aliphatic rings. The summed E-state index contributed by atoms with van der Waals surface area (Å²) in [4.78, 5) is 62.8. The number of aliphatic hydroxyl groups excluding tert-OH is 1. The van der Waals surface area contributed by atoms with Gasteiger partial charge in [-0.1, -0.05) is 94.2 Å². The number of esters is 1. The largest absolute Gasteiger partial charge is 0.455 e. The van der Waals surface area contributed by atoms with Crippen LogP contribution in [0.3, 0.4) is 0 Å². The molecule has 1 aliphatic carbocycles. The Kier molecular flexibility index (Phi) is 10.1. The molecule has 10 heteroatoms. The number of benzene rings is 1.